The first-order chi connectivity index (χ1) is 17.2. The van der Waals surface area contributed by atoms with Crippen molar-refractivity contribution >= 4 is 47.3 Å². The average molecular weight is 521 g/mol. The number of benzene rings is 3. The van der Waals surface area contributed by atoms with Crippen molar-refractivity contribution in [1.82, 2.24) is 9.80 Å². The van der Waals surface area contributed by atoms with Gasteiger partial charge in [-0.1, -0.05) is 0 Å². The van der Waals surface area contributed by atoms with Gasteiger partial charge >= 0.3 is 0 Å². The SMILES string of the molecule is CN=C(c1ccc(NC(=O)c2ccc(C(=O)Nc3ccc(C(=NC)N(C)C)cc3)cc2)cc1)N(C)C.Cl. The molecular formula is C28H33ClN6O2. The highest BCUT2D eigenvalue weighted by molar-refractivity contribution is 6.07. The summed E-state index contributed by atoms with van der Waals surface area (Å²) in [5, 5.41) is 5.76. The highest BCUT2D eigenvalue weighted by Crippen LogP contribution is 2.16. The largest absolute Gasteiger partial charge is 0.363 e. The highest BCUT2D eigenvalue weighted by Gasteiger charge is 2.11. The van der Waals surface area contributed by atoms with E-state index in [1.54, 1.807) is 38.4 Å². The number of nitrogens with zero attached hydrogens (tertiary/aromatic N) is 4. The van der Waals surface area contributed by atoms with Crippen LogP contribution in [0, 0.1) is 0 Å². The summed E-state index contributed by atoms with van der Waals surface area (Å²) in [6.07, 6.45) is 0. The van der Waals surface area contributed by atoms with Gasteiger partial charge in [0.2, 0.25) is 0 Å². The lowest BCUT2D eigenvalue weighted by Crippen LogP contribution is -2.23. The third kappa shape index (κ3) is 7.41. The van der Waals surface area contributed by atoms with Crippen LogP contribution >= 0.6 is 12.4 Å². The number of hydrogen-bond acceptors (Lipinski definition) is 4. The summed E-state index contributed by atoms with van der Waals surface area (Å²) >= 11 is 0. The molecule has 0 atom stereocenters. The summed E-state index contributed by atoms with van der Waals surface area (Å²) in [7, 11) is 11.2. The number of amides is 2. The molecule has 37 heavy (non-hydrogen) atoms. The van der Waals surface area contributed by atoms with E-state index in [-0.39, 0.29) is 24.2 Å². The third-order valence-electron chi connectivity index (χ3n) is 5.48. The summed E-state index contributed by atoms with van der Waals surface area (Å²) in [5.41, 5.74) is 4.19. The number of amidine groups is 2. The molecule has 0 aliphatic rings. The molecule has 0 unspecified atom stereocenters. The van der Waals surface area contributed by atoms with Gasteiger partial charge in [-0.25, -0.2) is 0 Å². The fraction of sp³-hybridized carbons (Fsp3) is 0.214. The molecule has 2 amide bonds. The van der Waals surface area contributed by atoms with Crippen molar-refractivity contribution < 1.29 is 9.59 Å². The predicted octanol–water partition coefficient (Wildman–Crippen LogP) is 4.49. The molecule has 2 N–H and O–H groups in total. The minimum Gasteiger partial charge on any atom is -0.363 e. The molecule has 3 aromatic rings. The number of nitrogens with one attached hydrogen (secondary N) is 2. The molecule has 194 valence electrons. The van der Waals surface area contributed by atoms with Crippen molar-refractivity contribution in [2.24, 2.45) is 9.98 Å². The van der Waals surface area contributed by atoms with Crippen molar-refractivity contribution in [3.63, 3.8) is 0 Å². The Kier molecular flexibility index (Phi) is 10.4. The van der Waals surface area contributed by atoms with Crippen molar-refractivity contribution in [3.05, 3.63) is 95.1 Å². The smallest absolute Gasteiger partial charge is 0.255 e. The normalized spacial score (nSPS) is 11.3. The molecule has 0 bridgehead atoms. The van der Waals surface area contributed by atoms with Gasteiger partial charge in [-0.05, 0) is 72.8 Å². The van der Waals surface area contributed by atoms with E-state index < -0.39 is 0 Å². The number of anilines is 2. The van der Waals surface area contributed by atoms with Crippen LogP contribution < -0.4 is 10.6 Å². The van der Waals surface area contributed by atoms with Crippen LogP contribution in [0.2, 0.25) is 0 Å². The van der Waals surface area contributed by atoms with Crippen molar-refractivity contribution in [3.8, 4) is 0 Å². The topological polar surface area (TPSA) is 89.4 Å². The number of carbonyl (C=O) groups is 2. The van der Waals surface area contributed by atoms with E-state index in [1.165, 1.54) is 0 Å². The molecule has 0 saturated heterocycles. The van der Waals surface area contributed by atoms with Gasteiger partial charge in [0.05, 0.1) is 0 Å². The number of carbonyl (C=O) groups excluding carboxylic acids is 2. The fourth-order valence-electron chi connectivity index (χ4n) is 3.76. The van der Waals surface area contributed by atoms with Crippen LogP contribution in [0.4, 0.5) is 11.4 Å². The zero-order valence-corrected chi connectivity index (χ0v) is 22.8. The standard InChI is InChI=1S/C28H32N6O2.ClH/c1-29-25(33(3)4)19-11-15-23(16-12-19)31-27(35)21-7-9-22(10-8-21)28(36)32-24-17-13-20(14-18-24)26(30-2)34(5)6;/h7-18H,1-6H3,(H,31,35)(H,32,36);1H. The van der Waals surface area contributed by atoms with Crippen LogP contribution in [0.5, 0.6) is 0 Å². The second kappa shape index (κ2) is 13.2. The van der Waals surface area contributed by atoms with Crippen molar-refractivity contribution in [2.75, 3.05) is 52.9 Å². The molecule has 3 rings (SSSR count). The second-order valence-corrected chi connectivity index (χ2v) is 8.52. The van der Waals surface area contributed by atoms with E-state index >= 15 is 0 Å². The van der Waals surface area contributed by atoms with Gasteiger partial charge in [-0.2, -0.15) is 0 Å². The maximum absolute atomic E-state index is 12.7. The lowest BCUT2D eigenvalue weighted by molar-refractivity contribution is 0.101. The van der Waals surface area contributed by atoms with Gasteiger partial charge in [0.1, 0.15) is 11.7 Å². The Bertz CT molecular complexity index is 1170. The molecular weight excluding hydrogens is 488 g/mol. The molecule has 0 spiro atoms. The maximum atomic E-state index is 12.7. The van der Waals surface area contributed by atoms with E-state index in [4.69, 9.17) is 0 Å². The van der Waals surface area contributed by atoms with Crippen LogP contribution in [0.25, 0.3) is 0 Å². The van der Waals surface area contributed by atoms with Gasteiger partial charge in [-0.15, -0.1) is 12.4 Å². The van der Waals surface area contributed by atoms with Gasteiger partial charge in [0.15, 0.2) is 0 Å². The summed E-state index contributed by atoms with van der Waals surface area (Å²) in [5.74, 6) is 1.20. The van der Waals surface area contributed by atoms with E-state index in [0.717, 1.165) is 22.8 Å². The Hall–Kier alpha value is -4.17. The molecule has 9 heteroatoms. The quantitative estimate of drug-likeness (QED) is 0.370. The van der Waals surface area contributed by atoms with E-state index in [1.807, 2.05) is 86.5 Å². The lowest BCUT2D eigenvalue weighted by Gasteiger charge is -2.16. The van der Waals surface area contributed by atoms with E-state index in [9.17, 15) is 9.59 Å². The summed E-state index contributed by atoms with van der Waals surface area (Å²) in [6.45, 7) is 0. The maximum Gasteiger partial charge on any atom is 0.255 e. The first-order valence-corrected chi connectivity index (χ1v) is 11.5. The molecule has 0 heterocycles. The summed E-state index contributed by atoms with van der Waals surface area (Å²) < 4.78 is 0. The summed E-state index contributed by atoms with van der Waals surface area (Å²) in [4.78, 5) is 37.8. The minimum absolute atomic E-state index is 0. The van der Waals surface area contributed by atoms with Gasteiger partial charge in [0, 0.05) is 75.9 Å². The zero-order valence-electron chi connectivity index (χ0n) is 21.9. The zero-order chi connectivity index (χ0) is 26.2. The Morgan fingerprint density at radius 1 is 0.541 bits per heavy atom. The molecule has 3 aromatic carbocycles. The van der Waals surface area contributed by atoms with Gasteiger partial charge < -0.3 is 20.4 Å². The number of aliphatic imine (C=N–C) groups is 2. The molecule has 0 aliphatic carbocycles. The van der Waals surface area contributed by atoms with Crippen LogP contribution in [0.15, 0.2) is 82.8 Å². The minimum atomic E-state index is -0.253. The third-order valence-corrected chi connectivity index (χ3v) is 5.48. The molecule has 0 radical (unpaired) electrons. The number of hydrogen-bond donors (Lipinski definition) is 2. The highest BCUT2D eigenvalue weighted by atomic mass is 35.5. The lowest BCUT2D eigenvalue weighted by atomic mass is 10.1. The molecule has 0 aliphatic heterocycles. The predicted molar refractivity (Wildman–Crippen MR) is 155 cm³/mol. The van der Waals surface area contributed by atoms with Crippen molar-refractivity contribution in [2.45, 2.75) is 0 Å². The van der Waals surface area contributed by atoms with Crippen LogP contribution in [0.1, 0.15) is 31.8 Å². The molecule has 8 nitrogen and oxygen atoms in total. The number of halogens is 1. The van der Waals surface area contributed by atoms with Crippen molar-refractivity contribution in [1.29, 1.82) is 0 Å². The van der Waals surface area contributed by atoms with Crippen LogP contribution in [-0.2, 0) is 0 Å². The van der Waals surface area contributed by atoms with E-state index in [2.05, 4.69) is 20.6 Å². The van der Waals surface area contributed by atoms with Crippen LogP contribution in [0.3, 0.4) is 0 Å². The average Bonchev–Trinajstić information content (AvgIpc) is 2.86. The fourth-order valence-corrected chi connectivity index (χ4v) is 3.76. The summed E-state index contributed by atoms with van der Waals surface area (Å²) in [6, 6.07) is 21.5. The second-order valence-electron chi connectivity index (χ2n) is 8.52. The van der Waals surface area contributed by atoms with Crippen LogP contribution in [-0.4, -0.2) is 75.6 Å². The Morgan fingerprint density at radius 3 is 1.05 bits per heavy atom. The Balaban J connectivity index is 0.00000481. The van der Waals surface area contributed by atoms with E-state index in [0.29, 0.717) is 22.5 Å². The molecule has 0 saturated carbocycles. The first-order valence-electron chi connectivity index (χ1n) is 11.5. The first kappa shape index (κ1) is 29.1. The van der Waals surface area contributed by atoms with Gasteiger partial charge in [0.25, 0.3) is 11.8 Å². The molecule has 0 fully saturated rings. The van der Waals surface area contributed by atoms with Gasteiger partial charge in [-0.3, -0.25) is 19.6 Å². The number of rotatable bonds is 6. The Labute approximate surface area is 224 Å². The molecule has 0 aromatic heterocycles. The monoisotopic (exact) mass is 520 g/mol. The Morgan fingerprint density at radius 2 is 0.811 bits per heavy atom.